The van der Waals surface area contributed by atoms with Crippen LogP contribution >= 0.6 is 0 Å². The van der Waals surface area contributed by atoms with Crippen LogP contribution in [0.15, 0.2) is 54.6 Å². The Kier molecular flexibility index (Phi) is 6.34. The molecule has 26 heavy (non-hydrogen) atoms. The lowest BCUT2D eigenvalue weighted by Crippen LogP contribution is -3.00. The minimum atomic E-state index is 0. The number of halogens is 1. The minimum Gasteiger partial charge on any atom is -1.00 e. The van der Waals surface area contributed by atoms with Crippen molar-refractivity contribution >= 4 is 32.3 Å². The molecule has 2 heteroatoms. The number of benzene rings is 4. The Morgan fingerprint density at radius 1 is 0.577 bits per heavy atom. The average molecular weight is 366 g/mol. The number of hydrogen-bond donors (Lipinski definition) is 1. The molecule has 0 heterocycles. The first-order chi connectivity index (χ1) is 12.4. The molecular formula is C24H28ClN. The lowest BCUT2D eigenvalue weighted by atomic mass is 9.90. The van der Waals surface area contributed by atoms with E-state index in [1.165, 1.54) is 82.8 Å². The fraction of sp³-hybridized carbons (Fsp3) is 0.333. The molecule has 136 valence electrons. The summed E-state index contributed by atoms with van der Waals surface area (Å²) in [6.45, 7) is 1.09. The molecule has 0 aliphatic carbocycles. The van der Waals surface area contributed by atoms with Gasteiger partial charge < -0.3 is 18.1 Å². The van der Waals surface area contributed by atoms with Gasteiger partial charge in [-0.25, -0.2) is 0 Å². The second-order valence-corrected chi connectivity index (χ2v) is 7.31. The maximum atomic E-state index is 3.92. The van der Waals surface area contributed by atoms with Gasteiger partial charge in [-0.3, -0.25) is 0 Å². The van der Waals surface area contributed by atoms with Crippen LogP contribution in [-0.4, -0.2) is 6.54 Å². The number of aryl methyl sites for hydroxylation is 1. The summed E-state index contributed by atoms with van der Waals surface area (Å²) in [5, 5.41) is 8.45. The highest BCUT2D eigenvalue weighted by Crippen LogP contribution is 2.36. The summed E-state index contributed by atoms with van der Waals surface area (Å²) >= 11 is 0. The SMILES string of the molecule is [Cl-].[NH3+]CCCCCCCCc1ccc2ccc3cccc4ccc1c2c34. The molecule has 4 aromatic rings. The van der Waals surface area contributed by atoms with E-state index in [9.17, 15) is 0 Å². The maximum absolute atomic E-state index is 3.92. The first-order valence-corrected chi connectivity index (χ1v) is 9.83. The topological polar surface area (TPSA) is 27.6 Å². The maximum Gasteiger partial charge on any atom is 0.0739 e. The van der Waals surface area contributed by atoms with E-state index < -0.39 is 0 Å². The smallest absolute Gasteiger partial charge is 0.0739 e. The standard InChI is InChI=1S/C24H27N.ClH/c25-17-6-4-2-1-3-5-8-18-11-12-21-14-13-19-9-7-10-20-15-16-22(18)24(21)23(19)20;/h7,9-16H,1-6,8,17,25H2;1H. The van der Waals surface area contributed by atoms with Crippen LogP contribution in [0.25, 0.3) is 32.3 Å². The van der Waals surface area contributed by atoms with E-state index in [4.69, 9.17) is 0 Å². The first kappa shape index (κ1) is 18.9. The molecule has 0 amide bonds. The van der Waals surface area contributed by atoms with Crippen molar-refractivity contribution in [1.29, 1.82) is 0 Å². The second kappa shape index (κ2) is 8.70. The van der Waals surface area contributed by atoms with Gasteiger partial charge in [0.15, 0.2) is 0 Å². The fourth-order valence-electron chi connectivity index (χ4n) is 4.21. The molecule has 1 nitrogen and oxygen atoms in total. The monoisotopic (exact) mass is 365 g/mol. The Hall–Kier alpha value is -1.83. The van der Waals surface area contributed by atoms with Crippen molar-refractivity contribution in [3.8, 4) is 0 Å². The highest BCUT2D eigenvalue weighted by atomic mass is 35.5. The van der Waals surface area contributed by atoms with Crippen LogP contribution < -0.4 is 18.1 Å². The number of hydrogen-bond acceptors (Lipinski definition) is 0. The molecule has 0 bridgehead atoms. The number of rotatable bonds is 8. The second-order valence-electron chi connectivity index (χ2n) is 7.31. The Morgan fingerprint density at radius 3 is 1.88 bits per heavy atom. The van der Waals surface area contributed by atoms with Gasteiger partial charge >= 0.3 is 0 Å². The molecule has 4 rings (SSSR count). The zero-order valence-electron chi connectivity index (χ0n) is 15.4. The summed E-state index contributed by atoms with van der Waals surface area (Å²) in [5.74, 6) is 0. The zero-order valence-corrected chi connectivity index (χ0v) is 16.2. The van der Waals surface area contributed by atoms with Crippen molar-refractivity contribution in [1.82, 2.24) is 0 Å². The van der Waals surface area contributed by atoms with E-state index in [1.807, 2.05) is 0 Å². The van der Waals surface area contributed by atoms with Crippen molar-refractivity contribution in [2.45, 2.75) is 44.9 Å². The molecule has 0 spiro atoms. The molecular weight excluding hydrogens is 338 g/mol. The molecule has 0 radical (unpaired) electrons. The van der Waals surface area contributed by atoms with Gasteiger partial charge in [0, 0.05) is 0 Å². The van der Waals surface area contributed by atoms with Gasteiger partial charge in [-0.2, -0.15) is 0 Å². The van der Waals surface area contributed by atoms with E-state index in [0.717, 1.165) is 6.54 Å². The molecule has 0 unspecified atom stereocenters. The van der Waals surface area contributed by atoms with E-state index in [1.54, 1.807) is 0 Å². The zero-order chi connectivity index (χ0) is 17.1. The minimum absolute atomic E-state index is 0. The van der Waals surface area contributed by atoms with Gasteiger partial charge in [0.05, 0.1) is 6.54 Å². The third-order valence-electron chi connectivity index (χ3n) is 5.57. The van der Waals surface area contributed by atoms with Crippen LogP contribution in [0, 0.1) is 0 Å². The summed E-state index contributed by atoms with van der Waals surface area (Å²) < 4.78 is 0. The highest BCUT2D eigenvalue weighted by molar-refractivity contribution is 6.23. The molecule has 0 aromatic heterocycles. The molecule has 0 aliphatic rings. The predicted octanol–water partition coefficient (Wildman–Crippen LogP) is 2.71. The Bertz CT molecular complexity index is 960. The summed E-state index contributed by atoms with van der Waals surface area (Å²) in [6.07, 6.45) is 9.22. The normalized spacial score (nSPS) is 11.4. The summed E-state index contributed by atoms with van der Waals surface area (Å²) in [5.41, 5.74) is 5.44. The van der Waals surface area contributed by atoms with Gasteiger partial charge in [0.2, 0.25) is 0 Å². The van der Waals surface area contributed by atoms with Gasteiger partial charge in [-0.1, -0.05) is 73.9 Å². The van der Waals surface area contributed by atoms with E-state index >= 15 is 0 Å². The van der Waals surface area contributed by atoms with Gasteiger partial charge in [-0.05, 0) is 63.6 Å². The van der Waals surface area contributed by atoms with Crippen LogP contribution in [0.3, 0.4) is 0 Å². The Morgan fingerprint density at radius 2 is 1.15 bits per heavy atom. The Labute approximate surface area is 162 Å². The molecule has 0 atom stereocenters. The molecule has 0 aliphatic heterocycles. The van der Waals surface area contributed by atoms with Crippen LogP contribution in [0.1, 0.15) is 44.1 Å². The van der Waals surface area contributed by atoms with Crippen molar-refractivity contribution in [2.24, 2.45) is 0 Å². The molecule has 3 N–H and O–H groups in total. The molecule has 4 aromatic carbocycles. The quantitative estimate of drug-likeness (QED) is 0.367. The van der Waals surface area contributed by atoms with E-state index in [0.29, 0.717) is 0 Å². The van der Waals surface area contributed by atoms with Crippen molar-refractivity contribution in [3.63, 3.8) is 0 Å². The van der Waals surface area contributed by atoms with Gasteiger partial charge in [0.25, 0.3) is 0 Å². The fourth-order valence-corrected chi connectivity index (χ4v) is 4.21. The van der Waals surface area contributed by atoms with E-state index in [2.05, 4.69) is 60.3 Å². The molecule has 0 saturated heterocycles. The Balaban J connectivity index is 0.00000196. The third kappa shape index (κ3) is 3.65. The van der Waals surface area contributed by atoms with Crippen molar-refractivity contribution in [3.05, 3.63) is 60.2 Å². The third-order valence-corrected chi connectivity index (χ3v) is 5.57. The van der Waals surface area contributed by atoms with Crippen LogP contribution in [-0.2, 0) is 6.42 Å². The van der Waals surface area contributed by atoms with Crippen molar-refractivity contribution in [2.75, 3.05) is 6.54 Å². The van der Waals surface area contributed by atoms with E-state index in [-0.39, 0.29) is 12.4 Å². The van der Waals surface area contributed by atoms with Crippen LogP contribution in [0.4, 0.5) is 0 Å². The first-order valence-electron chi connectivity index (χ1n) is 9.83. The average Bonchev–Trinajstić information content (AvgIpc) is 2.66. The summed E-state index contributed by atoms with van der Waals surface area (Å²) in [7, 11) is 0. The lowest BCUT2D eigenvalue weighted by molar-refractivity contribution is -0.368. The summed E-state index contributed by atoms with van der Waals surface area (Å²) in [6, 6.07) is 20.5. The van der Waals surface area contributed by atoms with Gasteiger partial charge in [-0.15, -0.1) is 0 Å². The molecule has 0 fully saturated rings. The van der Waals surface area contributed by atoms with Gasteiger partial charge in [0.1, 0.15) is 0 Å². The number of quaternary nitrogens is 1. The van der Waals surface area contributed by atoms with Crippen LogP contribution in [0.2, 0.25) is 0 Å². The highest BCUT2D eigenvalue weighted by Gasteiger charge is 2.10. The predicted molar refractivity (Wildman–Crippen MR) is 109 cm³/mol. The largest absolute Gasteiger partial charge is 1.00 e. The summed E-state index contributed by atoms with van der Waals surface area (Å²) in [4.78, 5) is 0. The van der Waals surface area contributed by atoms with Crippen molar-refractivity contribution < 1.29 is 18.1 Å². The molecule has 0 saturated carbocycles. The number of unbranched alkanes of at least 4 members (excludes halogenated alkanes) is 5. The van der Waals surface area contributed by atoms with Crippen LogP contribution in [0.5, 0.6) is 0 Å². The lowest BCUT2D eigenvalue weighted by Gasteiger charge is -2.14.